The van der Waals surface area contributed by atoms with Gasteiger partial charge in [0, 0.05) is 8.17 Å². The van der Waals surface area contributed by atoms with Crippen molar-refractivity contribution in [2.24, 2.45) is 0 Å². The molecule has 3 rings (SSSR count). The minimum absolute atomic E-state index is 0. The number of phosphoric ester groups is 1. The van der Waals surface area contributed by atoms with Crippen molar-refractivity contribution < 1.29 is 185 Å². The van der Waals surface area contributed by atoms with Crippen LogP contribution in [0.5, 0.6) is 6.01 Å². The molecule has 0 amide bonds. The molecular formula is C14H21N5Na4O14P3+. The van der Waals surface area contributed by atoms with E-state index in [2.05, 4.69) is 28.1 Å². The molecule has 6 atom stereocenters. The number of nitrogens with zero attached hydrogens (tertiary/aromatic N) is 4. The molecule has 1 aliphatic heterocycles. The third kappa shape index (κ3) is 12.4. The molecule has 26 heteroatoms. The van der Waals surface area contributed by atoms with E-state index in [1.165, 1.54) is 4.57 Å². The number of hydrogen-bond acceptors (Lipinski definition) is 17. The number of aliphatic hydroxyl groups excluding tert-OH is 2. The zero-order chi connectivity index (χ0) is 26.9. The van der Waals surface area contributed by atoms with E-state index in [1.807, 2.05) is 6.92 Å². The van der Waals surface area contributed by atoms with Gasteiger partial charge >= 0.3 is 140 Å². The van der Waals surface area contributed by atoms with Crippen LogP contribution in [0.1, 0.15) is 26.0 Å². The summed E-state index contributed by atoms with van der Waals surface area (Å²) in [6.07, 6.45) is -3.95. The average Bonchev–Trinajstić information content (AvgIpc) is 3.22. The molecule has 1 fully saturated rings. The Balaban J connectivity index is 0. The number of nitrogens with two attached hydrogens (primary N) is 1. The molecular weight excluding hydrogens is 647 g/mol. The molecule has 0 spiro atoms. The molecule has 0 saturated carbocycles. The van der Waals surface area contributed by atoms with E-state index < -0.39 is 55.0 Å². The topological polar surface area (TPSA) is 303 Å². The standard InChI is InChI=1S/C14H24N5O14P3.4Na/c1-2-3-4-29-14-18-8-11(15)16-6-17-12(8)19(14)13-10(21)9(20)7(31-13)5-30-35(25,26)33-36(27,28)32-34(22,23)24;;;;/h6-7,9-10,13,20-21H,2-5H2,1H3,(H,25,26)(H,27,28)(H2,15,16,17)(H2,22,23,24);;;;/q;4*+1/p-3. The summed E-state index contributed by atoms with van der Waals surface area (Å²) < 4.78 is 46.6. The van der Waals surface area contributed by atoms with Gasteiger partial charge in [0.05, 0.1) is 13.2 Å². The maximum absolute atomic E-state index is 11.9. The summed E-state index contributed by atoms with van der Waals surface area (Å²) in [5.41, 5.74) is 5.98. The van der Waals surface area contributed by atoms with Gasteiger partial charge in [0.1, 0.15) is 24.6 Å². The van der Waals surface area contributed by atoms with Crippen LogP contribution in [-0.4, -0.2) is 66.2 Å². The Labute approximate surface area is 316 Å². The predicted octanol–water partition coefficient (Wildman–Crippen LogP) is -15.4. The van der Waals surface area contributed by atoms with Crippen LogP contribution in [0.4, 0.5) is 5.82 Å². The first-order chi connectivity index (χ1) is 16.6. The maximum Gasteiger partial charge on any atom is 1.00 e. The van der Waals surface area contributed by atoms with Crippen molar-refractivity contribution in [1.82, 2.24) is 19.5 Å². The minimum Gasteiger partial charge on any atom is -0.753 e. The normalized spacial score (nSPS) is 23.5. The first kappa shape index (κ1) is 44.7. The van der Waals surface area contributed by atoms with E-state index in [4.69, 9.17) is 15.2 Å². The number of fused-ring (bicyclic) bond motifs is 1. The van der Waals surface area contributed by atoms with Crippen molar-refractivity contribution in [1.29, 1.82) is 0 Å². The summed E-state index contributed by atoms with van der Waals surface area (Å²) in [4.78, 5) is 64.2. The SMILES string of the molecule is CCCCOc1nc2c(N)ncnc2n1C1OC(COP(=O)(O)OP(=O)([O-])O[P+]([O-])([O-])[O-])C(O)C1O.[Na+].[Na+].[Na+].[Na+]. The number of ether oxygens (including phenoxy) is 2. The second kappa shape index (κ2) is 18.7. The molecule has 204 valence electrons. The van der Waals surface area contributed by atoms with Gasteiger partial charge in [-0.05, 0) is 6.42 Å². The number of aliphatic hydroxyl groups is 2. The molecule has 2 aromatic heterocycles. The second-order valence-electron chi connectivity index (χ2n) is 7.27. The summed E-state index contributed by atoms with van der Waals surface area (Å²) in [6.45, 7) is 1.08. The number of hydrogen-bond donors (Lipinski definition) is 4. The van der Waals surface area contributed by atoms with Crippen LogP contribution in [0.15, 0.2) is 6.33 Å². The number of nitrogen functional groups attached to an aromatic ring is 1. The monoisotopic (exact) mass is 668 g/mol. The Morgan fingerprint density at radius 3 is 2.35 bits per heavy atom. The Morgan fingerprint density at radius 2 is 1.77 bits per heavy atom. The number of aromatic nitrogens is 4. The average molecular weight is 668 g/mol. The Bertz CT molecular complexity index is 1180. The van der Waals surface area contributed by atoms with Crippen molar-refractivity contribution in [3.05, 3.63) is 6.33 Å². The van der Waals surface area contributed by atoms with E-state index in [9.17, 15) is 43.8 Å². The van der Waals surface area contributed by atoms with Crippen LogP contribution < -0.4 is 148 Å². The molecule has 40 heavy (non-hydrogen) atoms. The Morgan fingerprint density at radius 1 is 1.15 bits per heavy atom. The molecule has 2 aromatic rings. The fourth-order valence-corrected chi connectivity index (χ4v) is 5.98. The third-order valence-electron chi connectivity index (χ3n) is 4.60. The maximum atomic E-state index is 11.9. The molecule has 5 N–H and O–H groups in total. The minimum atomic E-state index is -6.13. The largest absolute Gasteiger partial charge is 1.00 e. The quantitative estimate of drug-likeness (QED) is 0.0927. The smallest absolute Gasteiger partial charge is 0.753 e. The number of rotatable bonds is 12. The van der Waals surface area contributed by atoms with Gasteiger partial charge in [-0.15, -0.1) is 0 Å². The van der Waals surface area contributed by atoms with Gasteiger partial charge in [-0.25, -0.2) is 23.4 Å². The predicted molar refractivity (Wildman–Crippen MR) is 109 cm³/mol. The molecule has 1 saturated heterocycles. The molecule has 19 nitrogen and oxygen atoms in total. The van der Waals surface area contributed by atoms with E-state index in [0.29, 0.717) is 6.42 Å². The summed E-state index contributed by atoms with van der Waals surface area (Å²) >= 11 is 0. The molecule has 0 radical (unpaired) electrons. The van der Waals surface area contributed by atoms with Crippen LogP contribution in [0.2, 0.25) is 0 Å². The van der Waals surface area contributed by atoms with Crippen LogP contribution in [-0.2, 0) is 27.0 Å². The van der Waals surface area contributed by atoms with E-state index in [1.54, 1.807) is 0 Å². The van der Waals surface area contributed by atoms with Gasteiger partial charge in [0.15, 0.2) is 23.2 Å². The molecule has 3 heterocycles. The van der Waals surface area contributed by atoms with Crippen LogP contribution in [0, 0.1) is 0 Å². The Kier molecular flexibility index (Phi) is 20.9. The van der Waals surface area contributed by atoms with Crippen molar-refractivity contribution in [2.45, 2.75) is 44.3 Å². The summed E-state index contributed by atoms with van der Waals surface area (Å²) in [6, 6.07) is -0.0938. The number of anilines is 1. The van der Waals surface area contributed by atoms with Gasteiger partial charge in [-0.2, -0.15) is 9.29 Å². The number of phosphoric acid groups is 3. The van der Waals surface area contributed by atoms with Crippen molar-refractivity contribution in [2.75, 3.05) is 18.9 Å². The molecule has 0 aromatic carbocycles. The molecule has 0 bridgehead atoms. The van der Waals surface area contributed by atoms with Gasteiger partial charge in [0.25, 0.3) is 0 Å². The van der Waals surface area contributed by atoms with Crippen molar-refractivity contribution in [3.8, 4) is 6.01 Å². The first-order valence-electron chi connectivity index (χ1n) is 10.00. The van der Waals surface area contributed by atoms with E-state index in [0.717, 1.165) is 12.7 Å². The molecule has 0 aliphatic carbocycles. The fraction of sp³-hybridized carbons (Fsp3) is 0.643. The van der Waals surface area contributed by atoms with Crippen LogP contribution >= 0.6 is 23.8 Å². The summed E-state index contributed by atoms with van der Waals surface area (Å²) in [7, 11) is -17.8. The van der Waals surface area contributed by atoms with E-state index >= 15 is 0 Å². The van der Waals surface area contributed by atoms with Gasteiger partial charge in [-0.3, -0.25) is 9.09 Å². The van der Waals surface area contributed by atoms with Gasteiger partial charge < -0.3 is 49.9 Å². The van der Waals surface area contributed by atoms with Crippen molar-refractivity contribution in [3.63, 3.8) is 0 Å². The first-order valence-corrected chi connectivity index (χ1v) is 14.4. The summed E-state index contributed by atoms with van der Waals surface area (Å²) in [5.74, 6) is -0.0182. The van der Waals surface area contributed by atoms with Gasteiger partial charge in [-0.1, -0.05) is 13.3 Å². The zero-order valence-electron chi connectivity index (χ0n) is 22.3. The fourth-order valence-electron chi connectivity index (χ4n) is 3.08. The second-order valence-corrected chi connectivity index (χ2v) is 11.6. The van der Waals surface area contributed by atoms with Crippen LogP contribution in [0.3, 0.4) is 0 Å². The molecule has 1 aliphatic rings. The zero-order valence-corrected chi connectivity index (χ0v) is 32.9. The number of unbranched alkanes of at least 4 members (excludes halogenated alkanes) is 1. The summed E-state index contributed by atoms with van der Waals surface area (Å²) in [5, 5.41) is 21.0. The Hall–Kier alpha value is 2.60. The number of imidazole rings is 1. The van der Waals surface area contributed by atoms with Gasteiger partial charge in [0.2, 0.25) is 0 Å². The molecule has 6 unspecified atom stereocenters. The van der Waals surface area contributed by atoms with Crippen LogP contribution in [0.25, 0.3) is 11.2 Å². The van der Waals surface area contributed by atoms with Crippen molar-refractivity contribution >= 4 is 40.8 Å². The third-order valence-corrected chi connectivity index (χ3v) is 8.30. The van der Waals surface area contributed by atoms with E-state index in [-0.39, 0.29) is 148 Å².